The van der Waals surface area contributed by atoms with Crippen molar-refractivity contribution in [3.63, 3.8) is 0 Å². The van der Waals surface area contributed by atoms with Crippen LogP contribution in [0.25, 0.3) is 11.0 Å². The fourth-order valence-electron chi connectivity index (χ4n) is 3.70. The van der Waals surface area contributed by atoms with Crippen LogP contribution in [-0.2, 0) is 0 Å². The number of nitrogens with zero attached hydrogens (tertiary/aromatic N) is 1. The van der Waals surface area contributed by atoms with E-state index in [2.05, 4.69) is 32.4 Å². The van der Waals surface area contributed by atoms with Gasteiger partial charge in [0, 0.05) is 12.1 Å². The second-order valence-corrected chi connectivity index (χ2v) is 7.20. The summed E-state index contributed by atoms with van der Waals surface area (Å²) in [4.78, 5) is 3.23. The van der Waals surface area contributed by atoms with E-state index in [0.29, 0.717) is 21.2 Å². The second-order valence-electron chi connectivity index (χ2n) is 5.96. The van der Waals surface area contributed by atoms with Crippen LogP contribution in [0.3, 0.4) is 0 Å². The number of nitrogens with one attached hydrogen (secondary N) is 1. The van der Waals surface area contributed by atoms with Gasteiger partial charge in [-0.25, -0.2) is 4.39 Å². The lowest BCUT2D eigenvalue weighted by Crippen LogP contribution is -2.21. The smallest absolute Gasteiger partial charge is 0.178 e. The number of benzene rings is 1. The number of aromatic amines is 1. The number of hydrogen-bond donors (Lipinski definition) is 1. The molecule has 5 heteroatoms. The van der Waals surface area contributed by atoms with Crippen LogP contribution in [0.1, 0.15) is 51.5 Å². The third-order valence-electron chi connectivity index (χ3n) is 4.70. The molecule has 114 valence electrons. The van der Waals surface area contributed by atoms with E-state index in [9.17, 15) is 4.39 Å². The van der Waals surface area contributed by atoms with Gasteiger partial charge in [-0.15, -0.1) is 0 Å². The maximum atomic E-state index is 13.9. The first-order valence-corrected chi connectivity index (χ1v) is 8.91. The van der Waals surface area contributed by atoms with Gasteiger partial charge in [0.2, 0.25) is 0 Å². The molecule has 1 N–H and O–H groups in total. The maximum absolute atomic E-state index is 13.9. The Hall–Kier alpha value is -0.680. The molecule has 0 saturated heterocycles. The van der Waals surface area contributed by atoms with Gasteiger partial charge in [0.25, 0.3) is 0 Å². The Labute approximate surface area is 137 Å². The Morgan fingerprint density at radius 3 is 2.76 bits per heavy atom. The first-order valence-electron chi connectivity index (χ1n) is 7.71. The average Bonchev–Trinajstić information content (AvgIpc) is 2.78. The van der Waals surface area contributed by atoms with Gasteiger partial charge in [0.15, 0.2) is 4.77 Å². The molecule has 0 bridgehead atoms. The lowest BCUT2D eigenvalue weighted by atomic mass is 9.83. The van der Waals surface area contributed by atoms with Gasteiger partial charge in [0.05, 0.1) is 15.5 Å². The van der Waals surface area contributed by atoms with E-state index in [1.165, 1.54) is 32.1 Å². The minimum atomic E-state index is -0.233. The number of H-pyrrole nitrogens is 1. The molecular formula is C16H20BrFN2S. The van der Waals surface area contributed by atoms with Crippen molar-refractivity contribution in [1.82, 2.24) is 9.55 Å². The first-order chi connectivity index (χ1) is 10.1. The van der Waals surface area contributed by atoms with E-state index in [-0.39, 0.29) is 5.82 Å². The fourth-order valence-corrected chi connectivity index (χ4v) is 4.38. The van der Waals surface area contributed by atoms with Crippen LogP contribution in [-0.4, -0.2) is 9.55 Å². The highest BCUT2D eigenvalue weighted by Gasteiger charge is 2.25. The third-order valence-corrected chi connectivity index (χ3v) is 5.61. The molecule has 1 aliphatic carbocycles. The molecule has 0 aliphatic heterocycles. The van der Waals surface area contributed by atoms with Crippen LogP contribution in [0.5, 0.6) is 0 Å². The van der Waals surface area contributed by atoms with Crippen LogP contribution < -0.4 is 0 Å². The Kier molecular flexibility index (Phi) is 4.50. The van der Waals surface area contributed by atoms with Crippen molar-refractivity contribution in [3.05, 3.63) is 27.2 Å². The highest BCUT2D eigenvalue weighted by atomic mass is 79.9. The van der Waals surface area contributed by atoms with Gasteiger partial charge in [-0.3, -0.25) is 0 Å². The van der Waals surface area contributed by atoms with Crippen LogP contribution in [0.2, 0.25) is 0 Å². The molecule has 1 aromatic heterocycles. The quantitative estimate of drug-likeness (QED) is 0.644. The summed E-state index contributed by atoms with van der Waals surface area (Å²) in [6.07, 6.45) is 7.49. The van der Waals surface area contributed by atoms with E-state index < -0.39 is 0 Å². The third kappa shape index (κ3) is 2.82. The lowest BCUT2D eigenvalue weighted by molar-refractivity contribution is 0.245. The SMILES string of the molecule is CCC(C1CCCCC1)n1c(=S)[nH]c2cc(Br)c(F)cc21. The Bertz CT molecular complexity index is 700. The zero-order chi connectivity index (χ0) is 15.0. The molecule has 2 nitrogen and oxygen atoms in total. The topological polar surface area (TPSA) is 20.7 Å². The summed E-state index contributed by atoms with van der Waals surface area (Å²) in [5.74, 6) is 0.421. The van der Waals surface area contributed by atoms with Gasteiger partial charge in [-0.05, 0) is 59.4 Å². The molecule has 1 saturated carbocycles. The standard InChI is InChI=1S/C16H20BrFN2S/c1-2-14(10-6-4-3-5-7-10)20-15-9-12(18)11(17)8-13(15)19-16(20)21/h8-10,14H,2-7H2,1H3,(H,19,21). The molecule has 1 unspecified atom stereocenters. The van der Waals surface area contributed by atoms with Crippen molar-refractivity contribution in [2.24, 2.45) is 5.92 Å². The van der Waals surface area contributed by atoms with Crippen LogP contribution in [0, 0.1) is 16.5 Å². The van der Waals surface area contributed by atoms with Gasteiger partial charge in [0.1, 0.15) is 5.82 Å². The molecule has 0 spiro atoms. The van der Waals surface area contributed by atoms with Crippen molar-refractivity contribution in [2.45, 2.75) is 51.5 Å². The number of aromatic nitrogens is 2. The Balaban J connectivity index is 2.11. The van der Waals surface area contributed by atoms with Crippen LogP contribution in [0.4, 0.5) is 4.39 Å². The molecule has 21 heavy (non-hydrogen) atoms. The minimum Gasteiger partial charge on any atom is -0.331 e. The van der Waals surface area contributed by atoms with Crippen molar-refractivity contribution in [3.8, 4) is 0 Å². The van der Waals surface area contributed by atoms with Gasteiger partial charge in [-0.2, -0.15) is 0 Å². The summed E-state index contributed by atoms with van der Waals surface area (Å²) in [5, 5.41) is 0. The normalized spacial score (nSPS) is 18.2. The Morgan fingerprint density at radius 2 is 2.10 bits per heavy atom. The summed E-state index contributed by atoms with van der Waals surface area (Å²) in [6.45, 7) is 2.20. The number of imidazole rings is 1. The molecule has 1 aromatic carbocycles. The monoisotopic (exact) mass is 370 g/mol. The Morgan fingerprint density at radius 1 is 1.38 bits per heavy atom. The summed E-state index contributed by atoms with van der Waals surface area (Å²) < 4.78 is 17.3. The van der Waals surface area contributed by atoms with E-state index in [1.807, 2.05) is 0 Å². The fraction of sp³-hybridized carbons (Fsp3) is 0.562. The highest BCUT2D eigenvalue weighted by molar-refractivity contribution is 9.10. The molecule has 1 atom stereocenters. The maximum Gasteiger partial charge on any atom is 0.178 e. The van der Waals surface area contributed by atoms with Crippen molar-refractivity contribution < 1.29 is 4.39 Å². The van der Waals surface area contributed by atoms with Crippen molar-refractivity contribution >= 4 is 39.2 Å². The molecule has 0 amide bonds. The predicted octanol–water partition coefficient (Wildman–Crippen LogP) is 6.13. The summed E-state index contributed by atoms with van der Waals surface area (Å²) in [5.41, 5.74) is 1.79. The number of hydrogen-bond acceptors (Lipinski definition) is 1. The molecule has 1 aliphatic rings. The largest absolute Gasteiger partial charge is 0.331 e. The van der Waals surface area contributed by atoms with Crippen molar-refractivity contribution in [1.29, 1.82) is 0 Å². The number of fused-ring (bicyclic) bond motifs is 1. The summed E-state index contributed by atoms with van der Waals surface area (Å²) in [6, 6.07) is 3.74. The van der Waals surface area contributed by atoms with E-state index in [1.54, 1.807) is 12.1 Å². The van der Waals surface area contributed by atoms with Crippen LogP contribution in [0.15, 0.2) is 16.6 Å². The molecule has 3 rings (SSSR count). The van der Waals surface area contributed by atoms with Gasteiger partial charge < -0.3 is 9.55 Å². The number of halogens is 2. The summed E-state index contributed by atoms with van der Waals surface area (Å²) in [7, 11) is 0. The van der Waals surface area contributed by atoms with E-state index in [0.717, 1.165) is 17.5 Å². The number of rotatable bonds is 3. The summed E-state index contributed by atoms with van der Waals surface area (Å²) >= 11 is 8.76. The molecular weight excluding hydrogens is 351 g/mol. The highest BCUT2D eigenvalue weighted by Crippen LogP contribution is 2.37. The first kappa shape index (κ1) is 15.2. The molecule has 0 radical (unpaired) electrons. The molecule has 2 aromatic rings. The van der Waals surface area contributed by atoms with E-state index in [4.69, 9.17) is 12.2 Å². The van der Waals surface area contributed by atoms with Crippen LogP contribution >= 0.6 is 28.1 Å². The average molecular weight is 371 g/mol. The van der Waals surface area contributed by atoms with E-state index >= 15 is 0 Å². The van der Waals surface area contributed by atoms with Crippen molar-refractivity contribution in [2.75, 3.05) is 0 Å². The zero-order valence-electron chi connectivity index (χ0n) is 12.2. The molecule has 1 heterocycles. The van der Waals surface area contributed by atoms with Gasteiger partial charge in [-0.1, -0.05) is 26.2 Å². The predicted molar refractivity (Wildman–Crippen MR) is 90.7 cm³/mol. The second kappa shape index (κ2) is 6.21. The molecule has 1 fully saturated rings. The lowest BCUT2D eigenvalue weighted by Gasteiger charge is -2.31. The zero-order valence-corrected chi connectivity index (χ0v) is 14.6. The van der Waals surface area contributed by atoms with Gasteiger partial charge >= 0.3 is 0 Å². The minimum absolute atomic E-state index is 0.233.